The summed E-state index contributed by atoms with van der Waals surface area (Å²) in [5.74, 6) is 1.41. The molecule has 0 radical (unpaired) electrons. The van der Waals surface area contributed by atoms with E-state index in [1.807, 2.05) is 49.4 Å². The van der Waals surface area contributed by atoms with Crippen LogP contribution in [0.3, 0.4) is 0 Å². The average molecular weight is 281 g/mol. The molecular weight excluding hydrogens is 266 g/mol. The van der Waals surface area contributed by atoms with Gasteiger partial charge in [0, 0.05) is 17.3 Å². The van der Waals surface area contributed by atoms with E-state index in [-0.39, 0.29) is 0 Å². The van der Waals surface area contributed by atoms with Crippen LogP contribution in [0.5, 0.6) is 5.75 Å². The van der Waals surface area contributed by atoms with Crippen LogP contribution in [0.1, 0.15) is 5.56 Å². The lowest BCUT2D eigenvalue weighted by molar-refractivity contribution is 0.414. The molecule has 0 fully saturated rings. The number of anilines is 1. The van der Waals surface area contributed by atoms with Gasteiger partial charge in [-0.2, -0.15) is 4.68 Å². The smallest absolute Gasteiger partial charge is 0.187 e. The van der Waals surface area contributed by atoms with Crippen LogP contribution in [0, 0.1) is 6.92 Å². The first-order chi connectivity index (χ1) is 10.2. The molecular formula is C15H15N5O. The monoisotopic (exact) mass is 281 g/mol. The molecule has 2 aromatic carbocycles. The summed E-state index contributed by atoms with van der Waals surface area (Å²) < 4.78 is 6.91. The molecule has 0 aliphatic rings. The topological polar surface area (TPSA) is 78.8 Å². The van der Waals surface area contributed by atoms with Crippen molar-refractivity contribution in [3.05, 3.63) is 48.0 Å². The summed E-state index contributed by atoms with van der Waals surface area (Å²) in [7, 11) is 1.63. The highest BCUT2D eigenvalue weighted by Crippen LogP contribution is 2.24. The zero-order valence-corrected chi connectivity index (χ0v) is 11.8. The summed E-state index contributed by atoms with van der Waals surface area (Å²) in [4.78, 5) is 0. The molecule has 3 aromatic rings. The van der Waals surface area contributed by atoms with Crippen LogP contribution in [0.25, 0.3) is 17.1 Å². The molecule has 0 atom stereocenters. The van der Waals surface area contributed by atoms with Crippen LogP contribution in [0.15, 0.2) is 42.5 Å². The number of aromatic nitrogens is 4. The van der Waals surface area contributed by atoms with E-state index >= 15 is 0 Å². The van der Waals surface area contributed by atoms with E-state index in [0.29, 0.717) is 5.82 Å². The van der Waals surface area contributed by atoms with Crippen LogP contribution in [0.2, 0.25) is 0 Å². The molecule has 0 saturated carbocycles. The van der Waals surface area contributed by atoms with Crippen molar-refractivity contribution in [2.75, 3.05) is 12.8 Å². The summed E-state index contributed by atoms with van der Waals surface area (Å²) in [5.41, 5.74) is 9.35. The fraction of sp³-hybridized carbons (Fsp3) is 0.133. The minimum atomic E-state index is 0.659. The van der Waals surface area contributed by atoms with Gasteiger partial charge in [-0.3, -0.25) is 0 Å². The Morgan fingerprint density at radius 3 is 2.76 bits per heavy atom. The average Bonchev–Trinajstić information content (AvgIpc) is 2.99. The lowest BCUT2D eigenvalue weighted by Gasteiger charge is -2.08. The number of benzene rings is 2. The number of hydrogen-bond donors (Lipinski definition) is 1. The normalized spacial score (nSPS) is 10.6. The van der Waals surface area contributed by atoms with Crippen molar-refractivity contribution < 1.29 is 4.74 Å². The molecule has 21 heavy (non-hydrogen) atoms. The highest BCUT2D eigenvalue weighted by Gasteiger charge is 2.12. The summed E-state index contributed by atoms with van der Waals surface area (Å²) in [6.45, 7) is 1.96. The largest absolute Gasteiger partial charge is 0.497 e. The maximum absolute atomic E-state index is 5.85. The summed E-state index contributed by atoms with van der Waals surface area (Å²) >= 11 is 0. The number of nitrogen functional groups attached to an aromatic ring is 1. The van der Waals surface area contributed by atoms with Crippen LogP contribution in [-0.2, 0) is 0 Å². The number of nitrogens with zero attached hydrogens (tertiary/aromatic N) is 4. The highest BCUT2D eigenvalue weighted by molar-refractivity contribution is 5.63. The zero-order valence-electron chi connectivity index (χ0n) is 11.8. The SMILES string of the molecule is COc1cccc(-n2nnnc2-c2ccc(N)c(C)c2)c1. The number of rotatable bonds is 3. The van der Waals surface area contributed by atoms with E-state index in [4.69, 9.17) is 10.5 Å². The number of aryl methyl sites for hydroxylation is 1. The van der Waals surface area contributed by atoms with Crippen LogP contribution in [-0.4, -0.2) is 27.3 Å². The number of nitrogens with two attached hydrogens (primary N) is 1. The van der Waals surface area contributed by atoms with Gasteiger partial charge in [-0.15, -0.1) is 5.10 Å². The molecule has 3 rings (SSSR count). The van der Waals surface area contributed by atoms with Crippen molar-refractivity contribution >= 4 is 5.69 Å². The third-order valence-corrected chi connectivity index (χ3v) is 3.30. The fourth-order valence-corrected chi connectivity index (χ4v) is 2.10. The Bertz CT molecular complexity index is 781. The zero-order chi connectivity index (χ0) is 14.8. The van der Waals surface area contributed by atoms with E-state index in [2.05, 4.69) is 15.5 Å². The Balaban J connectivity index is 2.09. The van der Waals surface area contributed by atoms with E-state index in [1.54, 1.807) is 11.8 Å². The van der Waals surface area contributed by atoms with Gasteiger partial charge in [0.1, 0.15) is 5.75 Å². The van der Waals surface area contributed by atoms with Crippen molar-refractivity contribution in [2.45, 2.75) is 6.92 Å². The van der Waals surface area contributed by atoms with Crippen molar-refractivity contribution in [1.29, 1.82) is 0 Å². The molecule has 0 aliphatic carbocycles. The number of methoxy groups -OCH3 is 1. The van der Waals surface area contributed by atoms with E-state index in [0.717, 1.165) is 28.3 Å². The molecule has 2 N–H and O–H groups in total. The lowest BCUT2D eigenvalue weighted by atomic mass is 10.1. The van der Waals surface area contributed by atoms with E-state index in [9.17, 15) is 0 Å². The lowest BCUT2D eigenvalue weighted by Crippen LogP contribution is -2.01. The minimum absolute atomic E-state index is 0.659. The number of hydrogen-bond acceptors (Lipinski definition) is 5. The van der Waals surface area contributed by atoms with Gasteiger partial charge < -0.3 is 10.5 Å². The van der Waals surface area contributed by atoms with Gasteiger partial charge in [-0.25, -0.2) is 0 Å². The fourth-order valence-electron chi connectivity index (χ4n) is 2.10. The quantitative estimate of drug-likeness (QED) is 0.745. The van der Waals surface area contributed by atoms with Crippen LogP contribution in [0.4, 0.5) is 5.69 Å². The van der Waals surface area contributed by atoms with Gasteiger partial charge >= 0.3 is 0 Å². The second-order valence-corrected chi connectivity index (χ2v) is 4.69. The molecule has 106 valence electrons. The first kappa shape index (κ1) is 13.1. The Morgan fingerprint density at radius 1 is 1.14 bits per heavy atom. The van der Waals surface area contributed by atoms with Crippen molar-refractivity contribution in [2.24, 2.45) is 0 Å². The first-order valence-corrected chi connectivity index (χ1v) is 6.48. The van der Waals surface area contributed by atoms with Gasteiger partial charge in [0.05, 0.1) is 12.8 Å². The van der Waals surface area contributed by atoms with E-state index < -0.39 is 0 Å². The summed E-state index contributed by atoms with van der Waals surface area (Å²) in [5, 5.41) is 11.9. The van der Waals surface area contributed by atoms with Crippen molar-refractivity contribution in [3.63, 3.8) is 0 Å². The minimum Gasteiger partial charge on any atom is -0.497 e. The predicted octanol–water partition coefficient (Wildman–Crippen LogP) is 2.23. The van der Waals surface area contributed by atoms with Crippen molar-refractivity contribution in [1.82, 2.24) is 20.2 Å². The standard InChI is InChI=1S/C15H15N5O/c1-10-8-11(6-7-14(10)16)15-17-18-19-20(15)12-4-3-5-13(9-12)21-2/h3-9H,16H2,1-2H3. The molecule has 0 amide bonds. The van der Waals surface area contributed by atoms with Gasteiger partial charge in [0.15, 0.2) is 5.82 Å². The molecule has 1 aromatic heterocycles. The highest BCUT2D eigenvalue weighted by atomic mass is 16.5. The maximum atomic E-state index is 5.85. The molecule has 0 bridgehead atoms. The Hall–Kier alpha value is -2.89. The second-order valence-electron chi connectivity index (χ2n) is 4.69. The summed E-state index contributed by atoms with van der Waals surface area (Å²) in [6, 6.07) is 13.3. The molecule has 6 heteroatoms. The van der Waals surface area contributed by atoms with Crippen LogP contribution < -0.4 is 10.5 Å². The molecule has 0 unspecified atom stereocenters. The van der Waals surface area contributed by atoms with Crippen molar-refractivity contribution in [3.8, 4) is 22.8 Å². The number of ether oxygens (including phenoxy) is 1. The number of tetrazole rings is 1. The third-order valence-electron chi connectivity index (χ3n) is 3.30. The third kappa shape index (κ3) is 2.43. The van der Waals surface area contributed by atoms with Crippen LogP contribution >= 0.6 is 0 Å². The molecule has 0 aliphatic heterocycles. The Morgan fingerprint density at radius 2 is 2.00 bits per heavy atom. The van der Waals surface area contributed by atoms with Gasteiger partial charge in [-0.05, 0) is 53.2 Å². The maximum Gasteiger partial charge on any atom is 0.187 e. The first-order valence-electron chi connectivity index (χ1n) is 6.48. The van der Waals surface area contributed by atoms with Gasteiger partial charge in [-0.1, -0.05) is 6.07 Å². The Labute approximate surface area is 122 Å². The Kier molecular flexibility index (Phi) is 3.27. The van der Waals surface area contributed by atoms with E-state index in [1.165, 1.54) is 0 Å². The molecule has 0 spiro atoms. The van der Waals surface area contributed by atoms with Gasteiger partial charge in [0.25, 0.3) is 0 Å². The second kappa shape index (κ2) is 5.24. The predicted molar refractivity (Wildman–Crippen MR) is 80.3 cm³/mol. The molecule has 1 heterocycles. The summed E-state index contributed by atoms with van der Waals surface area (Å²) in [6.07, 6.45) is 0. The molecule has 0 saturated heterocycles. The molecule has 6 nitrogen and oxygen atoms in total. The van der Waals surface area contributed by atoms with Gasteiger partial charge in [0.2, 0.25) is 0 Å².